The second-order valence-electron chi connectivity index (χ2n) is 5.53. The monoisotopic (exact) mass is 291 g/mol. The van der Waals surface area contributed by atoms with E-state index >= 15 is 0 Å². The van der Waals surface area contributed by atoms with Crippen molar-refractivity contribution >= 4 is 11.9 Å². The topological polar surface area (TPSA) is 82.5 Å². The summed E-state index contributed by atoms with van der Waals surface area (Å²) in [5.74, 6) is -0.620. The third kappa shape index (κ3) is 4.53. The van der Waals surface area contributed by atoms with Gasteiger partial charge < -0.3 is 15.3 Å². The van der Waals surface area contributed by atoms with E-state index < -0.39 is 5.97 Å². The van der Waals surface area contributed by atoms with E-state index in [2.05, 4.69) is 22.2 Å². The number of amides is 1. The molecule has 0 unspecified atom stereocenters. The van der Waals surface area contributed by atoms with Gasteiger partial charge in [-0.1, -0.05) is 0 Å². The number of aromatic carboxylic acids is 1. The van der Waals surface area contributed by atoms with Crippen molar-refractivity contribution in [2.24, 2.45) is 5.92 Å². The van der Waals surface area contributed by atoms with Gasteiger partial charge in [-0.2, -0.15) is 0 Å². The van der Waals surface area contributed by atoms with Gasteiger partial charge in [0.25, 0.3) is 5.91 Å². The molecule has 0 atom stereocenters. The Morgan fingerprint density at radius 2 is 2.10 bits per heavy atom. The molecule has 2 rings (SSSR count). The molecule has 1 saturated heterocycles. The quantitative estimate of drug-likeness (QED) is 0.853. The molecule has 6 nitrogen and oxygen atoms in total. The average Bonchev–Trinajstić information content (AvgIpc) is 2.49. The third-order valence-corrected chi connectivity index (χ3v) is 3.92. The molecule has 2 heterocycles. The highest BCUT2D eigenvalue weighted by Crippen LogP contribution is 2.18. The molecule has 0 bridgehead atoms. The fraction of sp³-hybridized carbons (Fsp3) is 0.533. The highest BCUT2D eigenvalue weighted by Gasteiger charge is 2.16. The van der Waals surface area contributed by atoms with Crippen LogP contribution in [0.3, 0.4) is 0 Å². The molecule has 0 saturated carbocycles. The summed E-state index contributed by atoms with van der Waals surface area (Å²) < 4.78 is 0. The van der Waals surface area contributed by atoms with Crippen molar-refractivity contribution in [3.8, 4) is 0 Å². The van der Waals surface area contributed by atoms with Crippen molar-refractivity contribution < 1.29 is 14.7 Å². The van der Waals surface area contributed by atoms with Crippen LogP contribution in [0.5, 0.6) is 0 Å². The van der Waals surface area contributed by atoms with Crippen LogP contribution in [0.1, 0.15) is 40.1 Å². The summed E-state index contributed by atoms with van der Waals surface area (Å²) in [6, 6.07) is 2.83. The number of aromatic nitrogens is 1. The zero-order valence-corrected chi connectivity index (χ0v) is 12.2. The Kier molecular flexibility index (Phi) is 5.27. The number of nitrogens with one attached hydrogen (secondary N) is 1. The van der Waals surface area contributed by atoms with Gasteiger partial charge in [-0.05, 0) is 57.5 Å². The number of nitrogens with zero attached hydrogens (tertiary/aromatic N) is 2. The summed E-state index contributed by atoms with van der Waals surface area (Å²) in [7, 11) is 2.13. The Morgan fingerprint density at radius 3 is 2.67 bits per heavy atom. The van der Waals surface area contributed by atoms with Crippen LogP contribution in [0.25, 0.3) is 0 Å². The minimum absolute atomic E-state index is 0.0575. The Labute approximate surface area is 124 Å². The lowest BCUT2D eigenvalue weighted by atomic mass is 9.94. The maximum atomic E-state index is 11.9. The molecule has 1 aliphatic heterocycles. The van der Waals surface area contributed by atoms with E-state index in [1.54, 1.807) is 0 Å². The number of carbonyl (C=O) groups is 2. The first-order chi connectivity index (χ1) is 10.1. The van der Waals surface area contributed by atoms with E-state index in [4.69, 9.17) is 5.11 Å². The zero-order valence-electron chi connectivity index (χ0n) is 12.2. The molecule has 1 aliphatic rings. The van der Waals surface area contributed by atoms with Crippen LogP contribution in [0.2, 0.25) is 0 Å². The fourth-order valence-electron chi connectivity index (χ4n) is 2.50. The Morgan fingerprint density at radius 1 is 1.38 bits per heavy atom. The van der Waals surface area contributed by atoms with E-state index in [-0.39, 0.29) is 11.6 Å². The highest BCUT2D eigenvalue weighted by molar-refractivity contribution is 5.94. The molecule has 1 fully saturated rings. The summed E-state index contributed by atoms with van der Waals surface area (Å²) in [6.45, 7) is 2.90. The summed E-state index contributed by atoms with van der Waals surface area (Å²) >= 11 is 0. The zero-order chi connectivity index (χ0) is 15.2. The second-order valence-corrected chi connectivity index (χ2v) is 5.53. The van der Waals surface area contributed by atoms with E-state index in [1.165, 1.54) is 31.2 Å². The molecule has 21 heavy (non-hydrogen) atoms. The molecule has 1 amide bonds. The van der Waals surface area contributed by atoms with Crippen LogP contribution in [0.4, 0.5) is 0 Å². The normalized spacial score (nSPS) is 16.6. The van der Waals surface area contributed by atoms with E-state index in [0.29, 0.717) is 18.0 Å². The van der Waals surface area contributed by atoms with Gasteiger partial charge in [0.2, 0.25) is 0 Å². The van der Waals surface area contributed by atoms with Gasteiger partial charge in [0, 0.05) is 12.7 Å². The average molecular weight is 291 g/mol. The lowest BCUT2D eigenvalue weighted by molar-refractivity contribution is 0.0689. The summed E-state index contributed by atoms with van der Waals surface area (Å²) in [6.07, 6.45) is 4.65. The van der Waals surface area contributed by atoms with Crippen LogP contribution in [0.15, 0.2) is 18.3 Å². The van der Waals surface area contributed by atoms with E-state index in [0.717, 1.165) is 19.5 Å². The number of carboxylic acids is 1. The molecule has 0 spiro atoms. The minimum Gasteiger partial charge on any atom is -0.477 e. The molecule has 0 aromatic carbocycles. The maximum absolute atomic E-state index is 11.9. The second kappa shape index (κ2) is 7.17. The number of likely N-dealkylation sites (tertiary alicyclic amines) is 1. The van der Waals surface area contributed by atoms with Crippen molar-refractivity contribution in [3.63, 3.8) is 0 Å². The van der Waals surface area contributed by atoms with Crippen LogP contribution in [0, 0.1) is 5.92 Å². The molecule has 1 aromatic rings. The van der Waals surface area contributed by atoms with Gasteiger partial charge >= 0.3 is 5.97 Å². The Balaban J connectivity index is 1.75. The number of rotatable bonds is 5. The first-order valence-electron chi connectivity index (χ1n) is 7.22. The van der Waals surface area contributed by atoms with E-state index in [9.17, 15) is 9.59 Å². The van der Waals surface area contributed by atoms with Crippen LogP contribution in [-0.2, 0) is 0 Å². The van der Waals surface area contributed by atoms with Gasteiger partial charge in [-0.3, -0.25) is 4.79 Å². The van der Waals surface area contributed by atoms with Crippen molar-refractivity contribution in [1.82, 2.24) is 15.2 Å². The van der Waals surface area contributed by atoms with Crippen molar-refractivity contribution in [3.05, 3.63) is 29.6 Å². The Hall–Kier alpha value is -1.95. The standard InChI is InChI=1S/C15H21N3O3/c1-18-8-5-11(6-9-18)4-7-16-14(19)12-2-3-13(15(20)21)17-10-12/h2-3,10-11H,4-9H2,1H3,(H,16,19)(H,20,21). The van der Waals surface area contributed by atoms with Crippen molar-refractivity contribution in [1.29, 1.82) is 0 Å². The summed E-state index contributed by atoms with van der Waals surface area (Å²) in [5, 5.41) is 11.6. The first kappa shape index (κ1) is 15.4. The lowest BCUT2D eigenvalue weighted by Crippen LogP contribution is -2.32. The van der Waals surface area contributed by atoms with E-state index in [1.807, 2.05) is 0 Å². The molecule has 2 N–H and O–H groups in total. The fourth-order valence-corrected chi connectivity index (χ4v) is 2.50. The molecule has 0 aliphatic carbocycles. The van der Waals surface area contributed by atoms with Crippen LogP contribution >= 0.6 is 0 Å². The van der Waals surface area contributed by atoms with Crippen molar-refractivity contribution in [2.75, 3.05) is 26.7 Å². The third-order valence-electron chi connectivity index (χ3n) is 3.92. The summed E-state index contributed by atoms with van der Waals surface area (Å²) in [4.78, 5) is 28.7. The molecular weight excluding hydrogens is 270 g/mol. The van der Waals surface area contributed by atoms with Gasteiger partial charge in [0.05, 0.1) is 5.56 Å². The van der Waals surface area contributed by atoms with Gasteiger partial charge in [-0.15, -0.1) is 0 Å². The minimum atomic E-state index is -1.09. The molecular formula is C15H21N3O3. The Bertz CT molecular complexity index is 493. The van der Waals surface area contributed by atoms with Crippen LogP contribution in [-0.4, -0.2) is 53.5 Å². The van der Waals surface area contributed by atoms with Gasteiger partial charge in [-0.25, -0.2) is 9.78 Å². The molecule has 114 valence electrons. The SMILES string of the molecule is CN1CCC(CCNC(=O)c2ccc(C(=O)O)nc2)CC1. The number of carbonyl (C=O) groups excluding carboxylic acids is 1. The number of hydrogen-bond acceptors (Lipinski definition) is 4. The maximum Gasteiger partial charge on any atom is 0.354 e. The summed E-state index contributed by atoms with van der Waals surface area (Å²) in [5.41, 5.74) is 0.334. The predicted octanol–water partition coefficient (Wildman–Crippen LogP) is 1.24. The number of hydrogen-bond donors (Lipinski definition) is 2. The molecule has 0 radical (unpaired) electrons. The number of piperidine rings is 1. The largest absolute Gasteiger partial charge is 0.477 e. The first-order valence-corrected chi connectivity index (χ1v) is 7.22. The number of carboxylic acid groups (broad SMARTS) is 1. The van der Waals surface area contributed by atoms with Crippen LogP contribution < -0.4 is 5.32 Å². The smallest absolute Gasteiger partial charge is 0.354 e. The molecule has 1 aromatic heterocycles. The van der Waals surface area contributed by atoms with Crippen molar-refractivity contribution in [2.45, 2.75) is 19.3 Å². The lowest BCUT2D eigenvalue weighted by Gasteiger charge is -2.28. The number of pyridine rings is 1. The van der Waals surface area contributed by atoms with Gasteiger partial charge in [0.15, 0.2) is 0 Å². The highest BCUT2D eigenvalue weighted by atomic mass is 16.4. The predicted molar refractivity (Wildman–Crippen MR) is 78.4 cm³/mol. The molecule has 6 heteroatoms. The van der Waals surface area contributed by atoms with Gasteiger partial charge in [0.1, 0.15) is 5.69 Å².